The number of halogens is 3. The quantitative estimate of drug-likeness (QED) is 0.337. The van der Waals surface area contributed by atoms with Gasteiger partial charge in [-0.15, -0.1) is 13.2 Å². The summed E-state index contributed by atoms with van der Waals surface area (Å²) < 4.78 is 41.7. The number of alkyl halides is 3. The van der Waals surface area contributed by atoms with Gasteiger partial charge in [0.25, 0.3) is 0 Å². The van der Waals surface area contributed by atoms with Crippen LogP contribution in [0.5, 0.6) is 5.75 Å². The van der Waals surface area contributed by atoms with E-state index in [1.165, 1.54) is 12.1 Å². The lowest BCUT2D eigenvalue weighted by molar-refractivity contribution is -0.274. The Morgan fingerprint density at radius 1 is 1.19 bits per heavy atom. The number of benzene rings is 1. The van der Waals surface area contributed by atoms with Crippen molar-refractivity contribution in [2.75, 3.05) is 6.54 Å². The molecule has 1 aromatic carbocycles. The number of unbranched alkanes of at least 4 members (excludes halogenated alkanes) is 2. The summed E-state index contributed by atoms with van der Waals surface area (Å²) >= 11 is 0. The Balaban J connectivity index is 1.81. The van der Waals surface area contributed by atoms with Crippen molar-refractivity contribution in [1.29, 1.82) is 0 Å². The number of imide groups is 1. The molecule has 3 rings (SSSR count). The van der Waals surface area contributed by atoms with Crippen LogP contribution in [-0.4, -0.2) is 46.7 Å². The largest absolute Gasteiger partial charge is 0.573 e. The Morgan fingerprint density at radius 3 is 2.53 bits per heavy atom. The molecule has 4 unspecified atom stereocenters. The van der Waals surface area contributed by atoms with Crippen LogP contribution in [0.4, 0.5) is 13.2 Å². The fraction of sp³-hybridized carbons (Fsp3) is 0.500. The molecule has 1 aromatic rings. The molecule has 0 saturated carbocycles. The number of aliphatic carboxylic acids is 1. The van der Waals surface area contributed by atoms with Crippen molar-refractivity contribution in [3.63, 3.8) is 0 Å². The molecule has 32 heavy (non-hydrogen) atoms. The van der Waals surface area contributed by atoms with Crippen molar-refractivity contribution in [2.45, 2.75) is 51.1 Å². The zero-order valence-corrected chi connectivity index (χ0v) is 17.5. The maximum absolute atomic E-state index is 13.1. The maximum atomic E-state index is 13.1. The number of hydrogen-bond acceptors (Lipinski definition) is 5. The first-order chi connectivity index (χ1) is 15.1. The molecule has 2 aliphatic heterocycles. The van der Waals surface area contributed by atoms with Crippen molar-refractivity contribution in [2.24, 2.45) is 11.8 Å². The van der Waals surface area contributed by atoms with Crippen molar-refractivity contribution < 1.29 is 37.4 Å². The molecule has 0 spiro atoms. The van der Waals surface area contributed by atoms with Crippen molar-refractivity contribution in [1.82, 2.24) is 10.2 Å². The molecule has 2 fully saturated rings. The van der Waals surface area contributed by atoms with E-state index in [1.54, 1.807) is 0 Å². The zero-order valence-electron chi connectivity index (χ0n) is 17.5. The first-order valence-corrected chi connectivity index (χ1v) is 10.5. The van der Waals surface area contributed by atoms with Gasteiger partial charge in [-0.2, -0.15) is 0 Å². The van der Waals surface area contributed by atoms with Gasteiger partial charge in [-0.25, -0.2) is 0 Å². The van der Waals surface area contributed by atoms with Crippen molar-refractivity contribution in [3.05, 3.63) is 42.0 Å². The molecule has 7 nitrogen and oxygen atoms in total. The number of carboxylic acid groups (broad SMARTS) is 1. The molecular formula is C22H25F3N2O5. The monoisotopic (exact) mass is 454 g/mol. The van der Waals surface area contributed by atoms with Gasteiger partial charge < -0.3 is 9.84 Å². The Labute approximate surface area is 183 Å². The molecule has 174 valence electrons. The van der Waals surface area contributed by atoms with Gasteiger partial charge in [0.1, 0.15) is 11.8 Å². The number of ether oxygens (including phenoxy) is 1. The smallest absolute Gasteiger partial charge is 0.480 e. The standard InChI is InChI=1S/C22H25F3N2O5/c1-2-3-4-5-6-7-11-27-19(28)15-16(20(27)29)18(21(30)31)26-17(15)13-9-8-10-14(12-13)32-22(23,24)25/h5-6,8-10,12,15-18,26H,2-4,7,11H2,1H3,(H,30,31). The zero-order chi connectivity index (χ0) is 23.5. The lowest BCUT2D eigenvalue weighted by atomic mass is 9.86. The first kappa shape index (κ1) is 23.8. The fourth-order valence-electron chi connectivity index (χ4n) is 4.29. The Morgan fingerprint density at radius 2 is 1.88 bits per heavy atom. The van der Waals surface area contributed by atoms with E-state index in [4.69, 9.17) is 0 Å². The van der Waals surface area contributed by atoms with Crippen LogP contribution in [0, 0.1) is 11.8 Å². The van der Waals surface area contributed by atoms with Gasteiger partial charge in [0.15, 0.2) is 0 Å². The molecule has 0 bridgehead atoms. The number of carbonyl (C=O) groups is 3. The fourth-order valence-corrected chi connectivity index (χ4v) is 4.29. The number of fused-ring (bicyclic) bond motifs is 1. The molecule has 0 aliphatic carbocycles. The summed E-state index contributed by atoms with van der Waals surface area (Å²) in [5, 5.41) is 12.3. The molecule has 4 atom stereocenters. The third kappa shape index (κ3) is 5.12. The highest BCUT2D eigenvalue weighted by Crippen LogP contribution is 2.44. The topological polar surface area (TPSA) is 95.9 Å². The highest BCUT2D eigenvalue weighted by Gasteiger charge is 2.60. The van der Waals surface area contributed by atoms with Gasteiger partial charge in [0.2, 0.25) is 11.8 Å². The normalized spacial score (nSPS) is 25.6. The van der Waals surface area contributed by atoms with Gasteiger partial charge in [-0.3, -0.25) is 24.6 Å². The molecule has 10 heteroatoms. The van der Waals surface area contributed by atoms with E-state index in [-0.39, 0.29) is 12.1 Å². The van der Waals surface area contributed by atoms with E-state index in [2.05, 4.69) is 17.0 Å². The number of nitrogens with one attached hydrogen (secondary N) is 1. The van der Waals surface area contributed by atoms with E-state index in [9.17, 15) is 32.7 Å². The lowest BCUT2D eigenvalue weighted by Crippen LogP contribution is -2.43. The van der Waals surface area contributed by atoms with Gasteiger partial charge >= 0.3 is 12.3 Å². The Hall–Kier alpha value is -2.88. The number of rotatable bonds is 9. The molecule has 2 saturated heterocycles. The average Bonchev–Trinajstić information content (AvgIpc) is 3.22. The average molecular weight is 454 g/mol. The third-order valence-corrected chi connectivity index (χ3v) is 5.69. The Kier molecular flexibility index (Phi) is 7.22. The predicted octanol–water partition coefficient (Wildman–Crippen LogP) is 3.42. The summed E-state index contributed by atoms with van der Waals surface area (Å²) in [6.07, 6.45) is 2.40. The van der Waals surface area contributed by atoms with E-state index in [0.717, 1.165) is 36.3 Å². The minimum Gasteiger partial charge on any atom is -0.480 e. The summed E-state index contributed by atoms with van der Waals surface area (Å²) in [6.45, 7) is 2.20. The van der Waals surface area contributed by atoms with Crippen LogP contribution >= 0.6 is 0 Å². The van der Waals surface area contributed by atoms with Gasteiger partial charge in [0, 0.05) is 12.6 Å². The summed E-state index contributed by atoms with van der Waals surface area (Å²) in [5.74, 6) is -5.03. The van der Waals surface area contributed by atoms with Gasteiger partial charge in [0.05, 0.1) is 11.8 Å². The minimum absolute atomic E-state index is 0.129. The molecular weight excluding hydrogens is 429 g/mol. The van der Waals surface area contributed by atoms with E-state index < -0.39 is 53.8 Å². The van der Waals surface area contributed by atoms with Crippen LogP contribution in [0.25, 0.3) is 0 Å². The minimum atomic E-state index is -4.89. The number of likely N-dealkylation sites (tertiary alicyclic amines) is 1. The SMILES string of the molecule is CCCCC=CCCN1C(=O)C2C(C(=O)O)NC(c3cccc(OC(F)(F)F)c3)C2C1=O. The first-order valence-electron chi connectivity index (χ1n) is 10.5. The van der Waals surface area contributed by atoms with Crippen LogP contribution < -0.4 is 10.1 Å². The third-order valence-electron chi connectivity index (χ3n) is 5.69. The predicted molar refractivity (Wildman–Crippen MR) is 107 cm³/mol. The van der Waals surface area contributed by atoms with E-state index in [1.807, 2.05) is 12.2 Å². The molecule has 2 aliphatic rings. The molecule has 2 heterocycles. The summed E-state index contributed by atoms with van der Waals surface area (Å²) in [5.41, 5.74) is 0.243. The number of hydrogen-bond donors (Lipinski definition) is 2. The number of amides is 2. The summed E-state index contributed by atoms with van der Waals surface area (Å²) in [7, 11) is 0. The van der Waals surface area contributed by atoms with Crippen LogP contribution in [0.3, 0.4) is 0 Å². The van der Waals surface area contributed by atoms with E-state index in [0.29, 0.717) is 6.42 Å². The van der Waals surface area contributed by atoms with Crippen molar-refractivity contribution in [3.8, 4) is 5.75 Å². The Bertz CT molecular complexity index is 902. The van der Waals surface area contributed by atoms with Crippen molar-refractivity contribution >= 4 is 17.8 Å². The molecule has 0 radical (unpaired) electrons. The van der Waals surface area contributed by atoms with Crippen LogP contribution in [0.2, 0.25) is 0 Å². The number of carbonyl (C=O) groups excluding carboxylic acids is 2. The number of carboxylic acids is 1. The van der Waals surface area contributed by atoms with Crippen LogP contribution in [0.1, 0.15) is 44.2 Å². The number of allylic oxidation sites excluding steroid dienone is 1. The molecule has 0 aromatic heterocycles. The second-order valence-corrected chi connectivity index (χ2v) is 7.86. The molecule has 2 N–H and O–H groups in total. The second kappa shape index (κ2) is 9.72. The summed E-state index contributed by atoms with van der Waals surface area (Å²) in [6, 6.07) is 2.75. The highest BCUT2D eigenvalue weighted by molar-refractivity contribution is 6.08. The van der Waals surface area contributed by atoms with Gasteiger partial charge in [-0.1, -0.05) is 44.1 Å². The molecule has 2 amide bonds. The van der Waals surface area contributed by atoms with Crippen LogP contribution in [-0.2, 0) is 14.4 Å². The second-order valence-electron chi connectivity index (χ2n) is 7.86. The maximum Gasteiger partial charge on any atom is 0.573 e. The lowest BCUT2D eigenvalue weighted by Gasteiger charge is -2.21. The van der Waals surface area contributed by atoms with Crippen LogP contribution in [0.15, 0.2) is 36.4 Å². The number of nitrogens with zero attached hydrogens (tertiary/aromatic N) is 1. The van der Waals surface area contributed by atoms with Gasteiger partial charge in [-0.05, 0) is 30.5 Å². The summed E-state index contributed by atoms with van der Waals surface area (Å²) in [4.78, 5) is 38.8. The van der Waals surface area contributed by atoms with E-state index >= 15 is 0 Å². The highest BCUT2D eigenvalue weighted by atomic mass is 19.4.